The molecule has 0 radical (unpaired) electrons. The minimum atomic E-state index is -1.53. The van der Waals surface area contributed by atoms with Gasteiger partial charge in [0.1, 0.15) is 24.4 Å². The van der Waals surface area contributed by atoms with Crippen molar-refractivity contribution in [3.8, 4) is 0 Å². The van der Waals surface area contributed by atoms with Gasteiger partial charge in [0, 0.05) is 11.0 Å². The van der Waals surface area contributed by atoms with Gasteiger partial charge in [0.25, 0.3) is 0 Å². The molecule has 0 aromatic carbocycles. The van der Waals surface area contributed by atoms with E-state index in [0.717, 1.165) is 18.4 Å². The number of hydrogen-bond donors (Lipinski definition) is 5. The van der Waals surface area contributed by atoms with Crippen LogP contribution in [0, 0.1) is 11.3 Å². The van der Waals surface area contributed by atoms with Gasteiger partial charge in [0.05, 0.1) is 12.2 Å². The molecule has 8 nitrogen and oxygen atoms in total. The monoisotopic (exact) mass is 412 g/mol. The summed E-state index contributed by atoms with van der Waals surface area (Å²) in [5.41, 5.74) is -0.187. The van der Waals surface area contributed by atoms with Crippen LogP contribution >= 0.6 is 0 Å². The van der Waals surface area contributed by atoms with E-state index < -0.39 is 48.9 Å². The average molecular weight is 412 g/mol. The predicted molar refractivity (Wildman–Crippen MR) is 103 cm³/mol. The van der Waals surface area contributed by atoms with Crippen molar-refractivity contribution in [2.75, 3.05) is 6.61 Å². The van der Waals surface area contributed by atoms with Crippen molar-refractivity contribution >= 4 is 5.97 Å². The Labute approximate surface area is 170 Å². The Morgan fingerprint density at radius 3 is 2.59 bits per heavy atom. The number of aliphatic hydroxyl groups excluding tert-OH is 4. The van der Waals surface area contributed by atoms with Crippen molar-refractivity contribution < 1.29 is 39.8 Å². The summed E-state index contributed by atoms with van der Waals surface area (Å²) in [5.74, 6) is -1.34. The fourth-order valence-corrected chi connectivity index (χ4v) is 5.24. The molecule has 1 heterocycles. The van der Waals surface area contributed by atoms with Crippen LogP contribution in [-0.4, -0.2) is 74.4 Å². The largest absolute Gasteiger partial charge is 0.478 e. The summed E-state index contributed by atoms with van der Waals surface area (Å²) in [7, 11) is 0. The number of carboxylic acids is 1. The first-order valence-corrected chi connectivity index (χ1v) is 10.1. The van der Waals surface area contributed by atoms with Crippen LogP contribution in [0.5, 0.6) is 0 Å². The first-order valence-electron chi connectivity index (χ1n) is 10.1. The Balaban J connectivity index is 1.96. The van der Waals surface area contributed by atoms with Crippen molar-refractivity contribution in [3.05, 3.63) is 23.8 Å². The lowest BCUT2D eigenvalue weighted by Gasteiger charge is -2.58. The number of rotatable bonds is 5. The second kappa shape index (κ2) is 8.09. The summed E-state index contributed by atoms with van der Waals surface area (Å²) in [6.07, 6.45) is -1.34. The first kappa shape index (κ1) is 22.4. The highest BCUT2D eigenvalue weighted by Crippen LogP contribution is 2.58. The molecule has 0 bridgehead atoms. The molecule has 0 aromatic rings. The molecule has 1 saturated carbocycles. The molecule has 1 saturated heterocycles. The van der Waals surface area contributed by atoms with Crippen molar-refractivity contribution in [1.29, 1.82) is 0 Å². The van der Waals surface area contributed by atoms with E-state index in [1.807, 2.05) is 6.92 Å². The molecule has 8 heteroatoms. The summed E-state index contributed by atoms with van der Waals surface area (Å²) in [4.78, 5) is 11.5. The molecule has 8 unspecified atom stereocenters. The van der Waals surface area contributed by atoms with Gasteiger partial charge in [0.2, 0.25) is 0 Å². The van der Waals surface area contributed by atoms with Gasteiger partial charge in [0.15, 0.2) is 6.29 Å². The third-order valence-electron chi connectivity index (χ3n) is 7.27. The van der Waals surface area contributed by atoms with Gasteiger partial charge in [-0.2, -0.15) is 0 Å². The minimum Gasteiger partial charge on any atom is -0.478 e. The zero-order valence-corrected chi connectivity index (χ0v) is 17.0. The standard InChI is InChI=1S/C21H32O8/c1-11-5-4-7-20(3)8-6-13(12(2)18(26)27)9-21(11,20)29-19-17(25)16(24)15(23)14(10-22)28-19/h5,13-17,19,22-25H,2,4,6-10H2,1,3H3,(H,26,27). The molecule has 1 aliphatic heterocycles. The van der Waals surface area contributed by atoms with E-state index in [1.165, 1.54) is 0 Å². The van der Waals surface area contributed by atoms with Crippen LogP contribution < -0.4 is 0 Å². The van der Waals surface area contributed by atoms with Gasteiger partial charge in [-0.05, 0) is 50.5 Å². The summed E-state index contributed by atoms with van der Waals surface area (Å²) in [6.45, 7) is 7.22. The van der Waals surface area contributed by atoms with E-state index >= 15 is 0 Å². The third kappa shape index (κ3) is 3.66. The number of carbonyl (C=O) groups is 1. The summed E-state index contributed by atoms with van der Waals surface area (Å²) >= 11 is 0. The number of carboxylic acid groups (broad SMARTS) is 1. The SMILES string of the molecule is C=C(C(=O)O)C1CCC2(C)CCC=C(C)C2(OC2OC(CO)C(O)C(O)C2O)C1. The topological polar surface area (TPSA) is 137 Å². The van der Waals surface area contributed by atoms with E-state index in [4.69, 9.17) is 9.47 Å². The summed E-state index contributed by atoms with van der Waals surface area (Å²) < 4.78 is 12.0. The maximum atomic E-state index is 11.5. The Morgan fingerprint density at radius 2 is 1.97 bits per heavy atom. The van der Waals surface area contributed by atoms with Gasteiger partial charge in [-0.1, -0.05) is 19.6 Å². The smallest absolute Gasteiger partial charge is 0.331 e. The highest BCUT2D eigenvalue weighted by molar-refractivity contribution is 5.86. The number of allylic oxidation sites excluding steroid dienone is 1. The van der Waals surface area contributed by atoms with E-state index in [0.29, 0.717) is 19.3 Å². The lowest BCUT2D eigenvalue weighted by atomic mass is 9.54. The summed E-state index contributed by atoms with van der Waals surface area (Å²) in [5, 5.41) is 49.6. The molecule has 0 aromatic heterocycles. The van der Waals surface area contributed by atoms with E-state index in [1.54, 1.807) is 0 Å². The van der Waals surface area contributed by atoms with Gasteiger partial charge in [-0.25, -0.2) is 4.79 Å². The Hall–Kier alpha value is -1.29. The van der Waals surface area contributed by atoms with Crippen molar-refractivity contribution in [2.45, 2.75) is 82.3 Å². The normalized spacial score (nSPS) is 45.2. The molecule has 3 aliphatic rings. The molecule has 164 valence electrons. The van der Waals surface area contributed by atoms with Crippen LogP contribution in [0.2, 0.25) is 0 Å². The Morgan fingerprint density at radius 1 is 1.28 bits per heavy atom. The van der Waals surface area contributed by atoms with Crippen LogP contribution in [0.4, 0.5) is 0 Å². The zero-order chi connectivity index (χ0) is 21.6. The van der Waals surface area contributed by atoms with Crippen LogP contribution in [-0.2, 0) is 14.3 Å². The number of aliphatic hydroxyl groups is 4. The fourth-order valence-electron chi connectivity index (χ4n) is 5.24. The highest BCUT2D eigenvalue weighted by atomic mass is 16.7. The van der Waals surface area contributed by atoms with E-state index in [2.05, 4.69) is 19.6 Å². The molecule has 2 fully saturated rings. The second-order valence-electron chi connectivity index (χ2n) is 8.90. The molecule has 0 spiro atoms. The number of hydrogen-bond acceptors (Lipinski definition) is 7. The molecule has 5 N–H and O–H groups in total. The average Bonchev–Trinajstić information content (AvgIpc) is 2.68. The molecule has 8 atom stereocenters. The van der Waals surface area contributed by atoms with Crippen LogP contribution in [0.1, 0.15) is 46.0 Å². The Kier molecular flexibility index (Phi) is 6.25. The van der Waals surface area contributed by atoms with Gasteiger partial charge >= 0.3 is 5.97 Å². The first-order chi connectivity index (χ1) is 13.6. The lowest BCUT2D eigenvalue weighted by molar-refractivity contribution is -0.340. The number of aliphatic carboxylic acids is 1. The zero-order valence-electron chi connectivity index (χ0n) is 17.0. The quantitative estimate of drug-likeness (QED) is 0.329. The van der Waals surface area contributed by atoms with Gasteiger partial charge < -0.3 is 35.0 Å². The maximum Gasteiger partial charge on any atom is 0.331 e. The van der Waals surface area contributed by atoms with Crippen LogP contribution in [0.25, 0.3) is 0 Å². The molecule has 2 aliphatic carbocycles. The molecule has 29 heavy (non-hydrogen) atoms. The van der Waals surface area contributed by atoms with Gasteiger partial charge in [-0.15, -0.1) is 0 Å². The molecular weight excluding hydrogens is 380 g/mol. The van der Waals surface area contributed by atoms with Gasteiger partial charge in [-0.3, -0.25) is 0 Å². The van der Waals surface area contributed by atoms with Crippen molar-refractivity contribution in [3.63, 3.8) is 0 Å². The number of ether oxygens (including phenoxy) is 2. The van der Waals surface area contributed by atoms with Crippen molar-refractivity contribution in [2.24, 2.45) is 11.3 Å². The lowest BCUT2D eigenvalue weighted by Crippen LogP contribution is -2.64. The van der Waals surface area contributed by atoms with E-state index in [-0.39, 0.29) is 16.9 Å². The Bertz CT molecular complexity index is 688. The minimum absolute atomic E-state index is 0.127. The molecular formula is C21H32O8. The maximum absolute atomic E-state index is 11.5. The molecule has 3 rings (SSSR count). The van der Waals surface area contributed by atoms with Crippen molar-refractivity contribution in [1.82, 2.24) is 0 Å². The number of fused-ring (bicyclic) bond motifs is 1. The molecule has 0 amide bonds. The fraction of sp³-hybridized carbons (Fsp3) is 0.762. The predicted octanol–water partition coefficient (Wildman–Crippen LogP) is 0.729. The second-order valence-corrected chi connectivity index (χ2v) is 8.90. The van der Waals surface area contributed by atoms with Crippen LogP contribution in [0.15, 0.2) is 23.8 Å². The third-order valence-corrected chi connectivity index (χ3v) is 7.27. The van der Waals surface area contributed by atoms with Crippen LogP contribution in [0.3, 0.4) is 0 Å². The highest BCUT2D eigenvalue weighted by Gasteiger charge is 2.58. The van der Waals surface area contributed by atoms with E-state index in [9.17, 15) is 30.3 Å². The summed E-state index contributed by atoms with van der Waals surface area (Å²) in [6, 6.07) is 0.